The normalized spacial score (nSPS) is 11.6. The summed E-state index contributed by atoms with van der Waals surface area (Å²) >= 11 is 1.12. The van der Waals surface area contributed by atoms with Crippen LogP contribution < -0.4 is 14.8 Å². The van der Waals surface area contributed by atoms with E-state index in [0.717, 1.165) is 23.5 Å². The Morgan fingerprint density at radius 2 is 1.80 bits per heavy atom. The van der Waals surface area contributed by atoms with E-state index >= 15 is 0 Å². The molecule has 1 N–H and O–H groups in total. The molecule has 0 aliphatic carbocycles. The number of amides is 1. The highest BCUT2D eigenvalue weighted by Gasteiger charge is 2.31. The van der Waals surface area contributed by atoms with Gasteiger partial charge in [-0.25, -0.2) is 15.0 Å². The third-order valence-corrected chi connectivity index (χ3v) is 5.07. The fraction of sp³-hybridized carbons (Fsp3) is 0.167. The first kappa shape index (κ1) is 19.8. The van der Waals surface area contributed by atoms with E-state index in [2.05, 4.69) is 25.3 Å². The summed E-state index contributed by atoms with van der Waals surface area (Å²) in [4.78, 5) is 29.0. The Morgan fingerprint density at radius 3 is 2.43 bits per heavy atom. The van der Waals surface area contributed by atoms with Gasteiger partial charge in [-0.3, -0.25) is 15.1 Å². The molecular weight excluding hydrogens is 423 g/mol. The summed E-state index contributed by atoms with van der Waals surface area (Å²) in [5.41, 5.74) is -0.231. The van der Waals surface area contributed by atoms with Crippen molar-refractivity contribution in [3.63, 3.8) is 0 Å². The maximum absolute atomic E-state index is 12.9. The Labute approximate surface area is 170 Å². The fourth-order valence-electron chi connectivity index (χ4n) is 2.83. The molecule has 0 radical (unpaired) electrons. The molecule has 1 aromatic carbocycles. The van der Waals surface area contributed by atoms with E-state index in [1.807, 2.05) is 0 Å². The van der Waals surface area contributed by atoms with Gasteiger partial charge in [-0.15, -0.1) is 0 Å². The second-order valence-electron chi connectivity index (χ2n) is 5.94. The molecule has 30 heavy (non-hydrogen) atoms. The molecule has 0 fully saturated rings. The van der Waals surface area contributed by atoms with Gasteiger partial charge in [0.1, 0.15) is 6.33 Å². The van der Waals surface area contributed by atoms with E-state index in [1.54, 1.807) is 0 Å². The lowest BCUT2D eigenvalue weighted by Gasteiger charge is -2.09. The molecule has 0 aliphatic heterocycles. The average Bonchev–Trinajstić information content (AvgIpc) is 3.14. The Bertz CT molecular complexity index is 1250. The zero-order valence-electron chi connectivity index (χ0n) is 15.4. The molecule has 0 saturated carbocycles. The smallest absolute Gasteiger partial charge is 0.416 e. The van der Waals surface area contributed by atoms with E-state index in [9.17, 15) is 18.0 Å². The predicted octanol–water partition coefficient (Wildman–Crippen LogP) is 3.92. The number of hydrogen-bond acceptors (Lipinski definition) is 8. The molecule has 0 saturated heterocycles. The molecule has 8 nitrogen and oxygen atoms in total. The molecular formula is C18H12F3N5O3S. The number of alkyl halides is 3. The Balaban J connectivity index is 1.73. The van der Waals surface area contributed by atoms with Crippen LogP contribution in [0.5, 0.6) is 11.8 Å². The minimum Gasteiger partial charge on any atom is -0.480 e. The topological polar surface area (TPSA) is 99.1 Å². The standard InChI is InChI=1S/C18H12F3N5O3S/c1-28-15-12(16(29-2)24-7-23-15)14(27)26-17-25-13-9-4-3-8(18(19,20)21)5-10(9)22-6-11(13)30-17/h3-7H,1-2H3,(H,25,26,27). The minimum atomic E-state index is -4.47. The Hall–Kier alpha value is -3.54. The molecule has 0 atom stereocenters. The summed E-state index contributed by atoms with van der Waals surface area (Å²) in [6, 6.07) is 3.25. The first-order valence-corrected chi connectivity index (χ1v) is 9.14. The number of anilines is 1. The summed E-state index contributed by atoms with van der Waals surface area (Å²) < 4.78 is 49.6. The maximum atomic E-state index is 12.9. The Kier molecular flexibility index (Phi) is 4.86. The van der Waals surface area contributed by atoms with Crippen molar-refractivity contribution in [2.45, 2.75) is 6.18 Å². The van der Waals surface area contributed by atoms with Crippen LogP contribution in [-0.2, 0) is 6.18 Å². The predicted molar refractivity (Wildman–Crippen MR) is 103 cm³/mol. The molecule has 0 bridgehead atoms. The number of benzene rings is 1. The van der Waals surface area contributed by atoms with Gasteiger partial charge in [0.25, 0.3) is 5.91 Å². The molecule has 0 spiro atoms. The van der Waals surface area contributed by atoms with Crippen LogP contribution in [0.3, 0.4) is 0 Å². The van der Waals surface area contributed by atoms with Gasteiger partial charge >= 0.3 is 6.18 Å². The van der Waals surface area contributed by atoms with E-state index in [0.29, 0.717) is 15.6 Å². The number of carbonyl (C=O) groups excluding carboxylic acids is 1. The first-order chi connectivity index (χ1) is 14.3. The van der Waals surface area contributed by atoms with Gasteiger partial charge in [0.2, 0.25) is 11.8 Å². The summed E-state index contributed by atoms with van der Waals surface area (Å²) in [6.07, 6.45) is -1.86. The largest absolute Gasteiger partial charge is 0.480 e. The van der Waals surface area contributed by atoms with Crippen LogP contribution in [0.1, 0.15) is 15.9 Å². The van der Waals surface area contributed by atoms with E-state index in [1.165, 1.54) is 32.8 Å². The van der Waals surface area contributed by atoms with Crippen molar-refractivity contribution in [2.75, 3.05) is 19.5 Å². The van der Waals surface area contributed by atoms with E-state index in [4.69, 9.17) is 9.47 Å². The van der Waals surface area contributed by atoms with Crippen LogP contribution in [0.15, 0.2) is 30.7 Å². The third-order valence-electron chi connectivity index (χ3n) is 4.17. The highest BCUT2D eigenvalue weighted by Crippen LogP contribution is 2.35. The number of pyridine rings is 1. The second-order valence-corrected chi connectivity index (χ2v) is 6.97. The molecule has 3 aromatic heterocycles. The number of fused-ring (bicyclic) bond motifs is 3. The molecule has 4 rings (SSSR count). The van der Waals surface area contributed by atoms with Gasteiger partial charge in [-0.05, 0) is 18.2 Å². The zero-order chi connectivity index (χ0) is 21.5. The number of thiazole rings is 1. The van der Waals surface area contributed by atoms with Crippen molar-refractivity contribution >= 4 is 43.5 Å². The molecule has 0 unspecified atom stereocenters. The highest BCUT2D eigenvalue weighted by molar-refractivity contribution is 7.22. The number of ether oxygens (including phenoxy) is 2. The number of rotatable bonds is 4. The monoisotopic (exact) mass is 435 g/mol. The number of halogens is 3. The van der Waals surface area contributed by atoms with Crippen molar-refractivity contribution < 1.29 is 27.4 Å². The quantitative estimate of drug-likeness (QED) is 0.519. The number of aromatic nitrogens is 4. The number of nitrogens with zero attached hydrogens (tertiary/aromatic N) is 4. The lowest BCUT2D eigenvalue weighted by Crippen LogP contribution is -2.16. The molecule has 12 heteroatoms. The van der Waals surface area contributed by atoms with Crippen molar-refractivity contribution in [3.8, 4) is 11.8 Å². The van der Waals surface area contributed by atoms with Crippen molar-refractivity contribution in [1.82, 2.24) is 19.9 Å². The Morgan fingerprint density at radius 1 is 1.10 bits per heavy atom. The summed E-state index contributed by atoms with van der Waals surface area (Å²) in [5.74, 6) is -0.570. The summed E-state index contributed by atoms with van der Waals surface area (Å²) in [6.45, 7) is 0. The number of carbonyl (C=O) groups is 1. The van der Waals surface area contributed by atoms with Crippen LogP contribution in [0.2, 0.25) is 0 Å². The molecule has 4 aromatic rings. The summed E-state index contributed by atoms with van der Waals surface area (Å²) in [7, 11) is 2.70. The van der Waals surface area contributed by atoms with Gasteiger partial charge in [-0.1, -0.05) is 11.3 Å². The van der Waals surface area contributed by atoms with Crippen molar-refractivity contribution in [1.29, 1.82) is 0 Å². The van der Waals surface area contributed by atoms with Crippen LogP contribution in [-0.4, -0.2) is 40.1 Å². The number of nitrogens with one attached hydrogen (secondary N) is 1. The third kappa shape index (κ3) is 3.45. The van der Waals surface area contributed by atoms with Gasteiger partial charge < -0.3 is 9.47 Å². The molecule has 0 aliphatic rings. The van der Waals surface area contributed by atoms with Crippen molar-refractivity contribution in [2.24, 2.45) is 0 Å². The van der Waals surface area contributed by atoms with Crippen LogP contribution in [0, 0.1) is 0 Å². The van der Waals surface area contributed by atoms with Crippen LogP contribution in [0.4, 0.5) is 18.3 Å². The number of hydrogen-bond donors (Lipinski definition) is 1. The van der Waals surface area contributed by atoms with E-state index in [-0.39, 0.29) is 28.0 Å². The zero-order valence-corrected chi connectivity index (χ0v) is 16.3. The van der Waals surface area contributed by atoms with Gasteiger partial charge in [-0.2, -0.15) is 13.2 Å². The second kappa shape index (κ2) is 7.37. The van der Waals surface area contributed by atoms with Gasteiger partial charge in [0.05, 0.1) is 35.5 Å². The highest BCUT2D eigenvalue weighted by atomic mass is 32.1. The first-order valence-electron chi connectivity index (χ1n) is 8.32. The lowest BCUT2D eigenvalue weighted by atomic mass is 10.1. The van der Waals surface area contributed by atoms with E-state index < -0.39 is 17.6 Å². The van der Waals surface area contributed by atoms with Crippen molar-refractivity contribution in [3.05, 3.63) is 41.9 Å². The van der Waals surface area contributed by atoms with Crippen LogP contribution >= 0.6 is 11.3 Å². The molecule has 3 heterocycles. The molecule has 1 amide bonds. The lowest BCUT2D eigenvalue weighted by molar-refractivity contribution is -0.137. The molecule has 154 valence electrons. The maximum Gasteiger partial charge on any atom is 0.416 e. The number of methoxy groups -OCH3 is 2. The summed E-state index contributed by atoms with van der Waals surface area (Å²) in [5, 5.41) is 3.28. The minimum absolute atomic E-state index is 0.0143. The van der Waals surface area contributed by atoms with Gasteiger partial charge in [0, 0.05) is 11.6 Å². The SMILES string of the molecule is COc1ncnc(OC)c1C(=O)Nc1nc2c(cnc3cc(C(F)(F)F)ccc32)s1. The fourth-order valence-corrected chi connectivity index (χ4v) is 3.67. The van der Waals surface area contributed by atoms with Crippen LogP contribution in [0.25, 0.3) is 21.1 Å². The average molecular weight is 435 g/mol. The van der Waals surface area contributed by atoms with Gasteiger partial charge in [0.15, 0.2) is 10.7 Å².